The van der Waals surface area contributed by atoms with Crippen molar-refractivity contribution in [2.24, 2.45) is 5.92 Å². The van der Waals surface area contributed by atoms with Crippen molar-refractivity contribution in [3.63, 3.8) is 0 Å². The Kier molecular flexibility index (Phi) is 3.72. The molecule has 0 saturated carbocycles. The van der Waals surface area contributed by atoms with Gasteiger partial charge in [-0.15, -0.1) is 5.10 Å². The Morgan fingerprint density at radius 1 is 1.19 bits per heavy atom. The average Bonchev–Trinajstić information content (AvgIpc) is 2.95. The number of hydrogen-bond acceptors (Lipinski definition) is 6. The standard InChI is InChI=1S/C14H17N7/c1-11(2)9-20(10-12-5-3-4-6-15-12)13-14-17-18-19-21(14)8-7-16-13/h3-8,11H,9-10H2,1-2H3. The van der Waals surface area contributed by atoms with Gasteiger partial charge in [0, 0.05) is 18.9 Å². The molecule has 0 unspecified atom stereocenters. The minimum atomic E-state index is 0.492. The Labute approximate surface area is 122 Å². The monoisotopic (exact) mass is 283 g/mol. The molecule has 0 spiro atoms. The molecule has 108 valence electrons. The fourth-order valence-corrected chi connectivity index (χ4v) is 2.24. The Hall–Kier alpha value is -2.57. The first-order valence-electron chi connectivity index (χ1n) is 6.91. The van der Waals surface area contributed by atoms with Gasteiger partial charge in [-0.2, -0.15) is 4.52 Å². The zero-order valence-corrected chi connectivity index (χ0v) is 12.1. The molecule has 0 N–H and O–H groups in total. The highest BCUT2D eigenvalue weighted by atomic mass is 15.5. The highest BCUT2D eigenvalue weighted by Gasteiger charge is 2.16. The first-order chi connectivity index (χ1) is 10.2. The number of rotatable bonds is 5. The van der Waals surface area contributed by atoms with E-state index in [1.54, 1.807) is 23.1 Å². The zero-order valence-electron chi connectivity index (χ0n) is 12.1. The number of fused-ring (bicyclic) bond motifs is 1. The molecule has 0 fully saturated rings. The van der Waals surface area contributed by atoms with E-state index in [9.17, 15) is 0 Å². The van der Waals surface area contributed by atoms with Crippen LogP contribution in [-0.4, -0.2) is 36.6 Å². The maximum Gasteiger partial charge on any atom is 0.222 e. The minimum absolute atomic E-state index is 0.492. The Bertz CT molecular complexity index is 707. The quantitative estimate of drug-likeness (QED) is 0.708. The summed E-state index contributed by atoms with van der Waals surface area (Å²) in [6.45, 7) is 5.88. The van der Waals surface area contributed by atoms with Gasteiger partial charge in [-0.3, -0.25) is 4.98 Å². The van der Waals surface area contributed by atoms with Crippen LogP contribution in [0, 0.1) is 5.92 Å². The van der Waals surface area contributed by atoms with Crippen LogP contribution >= 0.6 is 0 Å². The molecule has 3 aromatic heterocycles. The predicted molar refractivity (Wildman–Crippen MR) is 78.7 cm³/mol. The summed E-state index contributed by atoms with van der Waals surface area (Å²) in [5.74, 6) is 1.27. The van der Waals surface area contributed by atoms with Crippen LogP contribution in [-0.2, 0) is 6.54 Å². The number of nitrogens with zero attached hydrogens (tertiary/aromatic N) is 7. The van der Waals surface area contributed by atoms with Crippen LogP contribution in [0.4, 0.5) is 5.82 Å². The topological polar surface area (TPSA) is 72.1 Å². The fourth-order valence-electron chi connectivity index (χ4n) is 2.24. The van der Waals surface area contributed by atoms with Crippen molar-refractivity contribution in [2.75, 3.05) is 11.4 Å². The second kappa shape index (κ2) is 5.82. The van der Waals surface area contributed by atoms with Crippen LogP contribution in [0.5, 0.6) is 0 Å². The van der Waals surface area contributed by atoms with Crippen LogP contribution in [0.15, 0.2) is 36.8 Å². The summed E-state index contributed by atoms with van der Waals surface area (Å²) >= 11 is 0. The van der Waals surface area contributed by atoms with Crippen molar-refractivity contribution in [2.45, 2.75) is 20.4 Å². The predicted octanol–water partition coefficient (Wildman–Crippen LogP) is 1.58. The Balaban J connectivity index is 1.97. The second-order valence-electron chi connectivity index (χ2n) is 5.29. The van der Waals surface area contributed by atoms with Crippen molar-refractivity contribution in [3.8, 4) is 0 Å². The highest BCUT2D eigenvalue weighted by molar-refractivity contribution is 5.62. The number of aromatic nitrogens is 6. The maximum absolute atomic E-state index is 4.46. The Morgan fingerprint density at radius 3 is 2.86 bits per heavy atom. The van der Waals surface area contributed by atoms with Crippen LogP contribution in [0.2, 0.25) is 0 Å². The number of tetrazole rings is 1. The molecule has 3 aromatic rings. The minimum Gasteiger partial charge on any atom is -0.347 e. The number of pyridine rings is 1. The molecule has 0 aliphatic heterocycles. The molecule has 0 aliphatic rings. The third kappa shape index (κ3) is 2.96. The summed E-state index contributed by atoms with van der Waals surface area (Å²) in [5, 5.41) is 11.7. The smallest absolute Gasteiger partial charge is 0.222 e. The average molecular weight is 283 g/mol. The lowest BCUT2D eigenvalue weighted by molar-refractivity contribution is 0.601. The first-order valence-corrected chi connectivity index (χ1v) is 6.91. The number of anilines is 1. The van der Waals surface area contributed by atoms with Crippen LogP contribution in [0.1, 0.15) is 19.5 Å². The summed E-state index contributed by atoms with van der Waals surface area (Å²) < 4.78 is 1.63. The third-order valence-corrected chi connectivity index (χ3v) is 3.06. The van der Waals surface area contributed by atoms with Gasteiger partial charge in [0.2, 0.25) is 5.65 Å². The summed E-state index contributed by atoms with van der Waals surface area (Å²) in [5.41, 5.74) is 1.66. The first kappa shape index (κ1) is 13.4. The lowest BCUT2D eigenvalue weighted by atomic mass is 10.2. The van der Waals surface area contributed by atoms with Gasteiger partial charge in [-0.05, 0) is 28.5 Å². The lowest BCUT2D eigenvalue weighted by Gasteiger charge is -2.25. The van der Waals surface area contributed by atoms with Gasteiger partial charge in [0.05, 0.1) is 18.4 Å². The van der Waals surface area contributed by atoms with Crippen LogP contribution in [0.25, 0.3) is 5.65 Å². The molecule has 0 saturated heterocycles. The molecule has 0 amide bonds. The molecule has 7 nitrogen and oxygen atoms in total. The molecule has 0 aromatic carbocycles. The van der Waals surface area contributed by atoms with Crippen molar-refractivity contribution < 1.29 is 0 Å². The van der Waals surface area contributed by atoms with E-state index in [1.807, 2.05) is 18.2 Å². The highest BCUT2D eigenvalue weighted by Crippen LogP contribution is 2.19. The fraction of sp³-hybridized carbons (Fsp3) is 0.357. The summed E-state index contributed by atoms with van der Waals surface area (Å²) in [7, 11) is 0. The molecule has 3 heterocycles. The van der Waals surface area contributed by atoms with Gasteiger partial charge in [0.15, 0.2) is 5.82 Å². The van der Waals surface area contributed by atoms with E-state index in [-0.39, 0.29) is 0 Å². The van der Waals surface area contributed by atoms with E-state index < -0.39 is 0 Å². The molecule has 0 atom stereocenters. The van der Waals surface area contributed by atoms with Gasteiger partial charge in [0.25, 0.3) is 0 Å². The van der Waals surface area contributed by atoms with Crippen molar-refractivity contribution in [3.05, 3.63) is 42.5 Å². The van der Waals surface area contributed by atoms with Crippen molar-refractivity contribution in [1.82, 2.24) is 30.0 Å². The molecule has 21 heavy (non-hydrogen) atoms. The Morgan fingerprint density at radius 2 is 2.10 bits per heavy atom. The molecule has 7 heteroatoms. The van der Waals surface area contributed by atoms with Crippen molar-refractivity contribution in [1.29, 1.82) is 0 Å². The normalized spacial score (nSPS) is 11.2. The van der Waals surface area contributed by atoms with Gasteiger partial charge < -0.3 is 4.90 Å². The second-order valence-corrected chi connectivity index (χ2v) is 5.29. The van der Waals surface area contributed by atoms with Gasteiger partial charge in [0.1, 0.15) is 0 Å². The van der Waals surface area contributed by atoms with E-state index in [2.05, 4.69) is 44.2 Å². The SMILES string of the molecule is CC(C)CN(Cc1ccccn1)c1nccn2nnnc12. The summed E-state index contributed by atoms with van der Waals surface area (Å²) in [6.07, 6.45) is 5.26. The van der Waals surface area contributed by atoms with E-state index >= 15 is 0 Å². The van der Waals surface area contributed by atoms with Crippen LogP contribution < -0.4 is 4.90 Å². The van der Waals surface area contributed by atoms with Gasteiger partial charge in [-0.1, -0.05) is 19.9 Å². The largest absolute Gasteiger partial charge is 0.347 e. The lowest BCUT2D eigenvalue weighted by Crippen LogP contribution is -2.29. The molecule has 0 aliphatic carbocycles. The molecule has 0 radical (unpaired) electrons. The van der Waals surface area contributed by atoms with E-state index in [1.165, 1.54) is 0 Å². The van der Waals surface area contributed by atoms with E-state index in [0.717, 1.165) is 18.1 Å². The molecular weight excluding hydrogens is 266 g/mol. The molecule has 0 bridgehead atoms. The number of hydrogen-bond donors (Lipinski definition) is 0. The summed E-state index contributed by atoms with van der Waals surface area (Å²) in [6, 6.07) is 5.91. The summed E-state index contributed by atoms with van der Waals surface area (Å²) in [4.78, 5) is 11.0. The zero-order chi connectivity index (χ0) is 14.7. The van der Waals surface area contributed by atoms with Crippen LogP contribution in [0.3, 0.4) is 0 Å². The molecular formula is C14H17N7. The van der Waals surface area contributed by atoms with E-state index in [0.29, 0.717) is 18.1 Å². The third-order valence-electron chi connectivity index (χ3n) is 3.06. The van der Waals surface area contributed by atoms with Gasteiger partial charge >= 0.3 is 0 Å². The maximum atomic E-state index is 4.46. The van der Waals surface area contributed by atoms with Crippen molar-refractivity contribution >= 4 is 11.5 Å². The molecule has 3 rings (SSSR count). The van der Waals surface area contributed by atoms with E-state index in [4.69, 9.17) is 0 Å². The van der Waals surface area contributed by atoms with Gasteiger partial charge in [-0.25, -0.2) is 4.98 Å².